The van der Waals surface area contributed by atoms with Gasteiger partial charge in [-0.1, -0.05) is 20.3 Å². The molecule has 4 heteroatoms. The van der Waals surface area contributed by atoms with E-state index in [9.17, 15) is 9.59 Å². The second kappa shape index (κ2) is 5.14. The molecule has 86 valence electrons. The van der Waals surface area contributed by atoms with Crippen molar-refractivity contribution in [2.75, 3.05) is 6.54 Å². The Hall–Kier alpha value is -1.06. The van der Waals surface area contributed by atoms with Crippen molar-refractivity contribution in [3.63, 3.8) is 0 Å². The molecule has 1 heterocycles. The molecule has 15 heavy (non-hydrogen) atoms. The van der Waals surface area contributed by atoms with E-state index < -0.39 is 0 Å². The lowest BCUT2D eigenvalue weighted by molar-refractivity contribution is -0.147. The van der Waals surface area contributed by atoms with Gasteiger partial charge in [-0.05, 0) is 19.8 Å². The predicted molar refractivity (Wildman–Crippen MR) is 58.3 cm³/mol. The van der Waals surface area contributed by atoms with E-state index in [0.29, 0.717) is 0 Å². The summed E-state index contributed by atoms with van der Waals surface area (Å²) in [6.45, 7) is 6.11. The SMILES string of the molecule is CCCC(CC)N1C(=O)CNC(=O)C1C. The van der Waals surface area contributed by atoms with Crippen molar-refractivity contribution in [2.24, 2.45) is 0 Å². The van der Waals surface area contributed by atoms with E-state index in [1.54, 1.807) is 11.8 Å². The minimum absolute atomic E-state index is 0.0378. The van der Waals surface area contributed by atoms with Crippen molar-refractivity contribution in [1.82, 2.24) is 10.2 Å². The predicted octanol–water partition coefficient (Wildman–Crippen LogP) is 0.912. The molecule has 0 aromatic heterocycles. The molecule has 2 amide bonds. The number of piperazine rings is 1. The summed E-state index contributed by atoms with van der Waals surface area (Å²) in [7, 11) is 0. The van der Waals surface area contributed by atoms with E-state index >= 15 is 0 Å². The Morgan fingerprint density at radius 1 is 1.47 bits per heavy atom. The maximum atomic E-state index is 11.7. The molecule has 1 N–H and O–H groups in total. The molecule has 0 aliphatic carbocycles. The highest BCUT2D eigenvalue weighted by molar-refractivity contribution is 5.94. The molecule has 4 nitrogen and oxygen atoms in total. The molecule has 1 aliphatic heterocycles. The third kappa shape index (κ3) is 2.49. The molecule has 0 radical (unpaired) electrons. The van der Waals surface area contributed by atoms with Crippen LogP contribution in [0.3, 0.4) is 0 Å². The van der Waals surface area contributed by atoms with Crippen molar-refractivity contribution < 1.29 is 9.59 Å². The molecule has 0 aromatic carbocycles. The third-order valence-electron chi connectivity index (χ3n) is 2.99. The van der Waals surface area contributed by atoms with Crippen LogP contribution in [0.1, 0.15) is 40.0 Å². The van der Waals surface area contributed by atoms with Crippen LogP contribution in [0, 0.1) is 0 Å². The summed E-state index contributed by atoms with van der Waals surface area (Å²) in [6, 6.07) is -0.105. The topological polar surface area (TPSA) is 49.4 Å². The van der Waals surface area contributed by atoms with Crippen molar-refractivity contribution in [3.05, 3.63) is 0 Å². The zero-order valence-corrected chi connectivity index (χ0v) is 9.75. The van der Waals surface area contributed by atoms with Gasteiger partial charge in [0.25, 0.3) is 0 Å². The number of rotatable bonds is 4. The van der Waals surface area contributed by atoms with E-state index in [-0.39, 0.29) is 30.4 Å². The Morgan fingerprint density at radius 3 is 2.67 bits per heavy atom. The lowest BCUT2D eigenvalue weighted by Gasteiger charge is -2.38. The molecule has 0 saturated carbocycles. The van der Waals surface area contributed by atoms with Gasteiger partial charge in [0, 0.05) is 6.04 Å². The average molecular weight is 212 g/mol. The summed E-state index contributed by atoms with van der Waals surface area (Å²) >= 11 is 0. The highest BCUT2D eigenvalue weighted by atomic mass is 16.2. The van der Waals surface area contributed by atoms with Gasteiger partial charge in [-0.3, -0.25) is 9.59 Å². The summed E-state index contributed by atoms with van der Waals surface area (Å²) in [4.78, 5) is 25.0. The maximum absolute atomic E-state index is 11.7. The normalized spacial score (nSPS) is 23.9. The van der Waals surface area contributed by atoms with E-state index in [4.69, 9.17) is 0 Å². The Labute approximate surface area is 91.0 Å². The molecule has 2 atom stereocenters. The molecule has 1 saturated heterocycles. The van der Waals surface area contributed by atoms with Crippen molar-refractivity contribution in [2.45, 2.75) is 52.1 Å². The fourth-order valence-electron chi connectivity index (χ4n) is 2.14. The van der Waals surface area contributed by atoms with Gasteiger partial charge in [-0.15, -0.1) is 0 Å². The minimum atomic E-state index is -0.317. The second-order valence-corrected chi connectivity index (χ2v) is 4.05. The fraction of sp³-hybridized carbons (Fsp3) is 0.818. The second-order valence-electron chi connectivity index (χ2n) is 4.05. The van der Waals surface area contributed by atoms with Crippen LogP contribution in [0.4, 0.5) is 0 Å². The van der Waals surface area contributed by atoms with Crippen LogP contribution in [0.25, 0.3) is 0 Å². The fourth-order valence-corrected chi connectivity index (χ4v) is 2.14. The third-order valence-corrected chi connectivity index (χ3v) is 2.99. The van der Waals surface area contributed by atoms with Crippen LogP contribution in [0.15, 0.2) is 0 Å². The van der Waals surface area contributed by atoms with Crippen LogP contribution < -0.4 is 5.32 Å². The molecule has 0 aromatic rings. The van der Waals surface area contributed by atoms with Crippen LogP contribution in [0.2, 0.25) is 0 Å². The van der Waals surface area contributed by atoms with E-state index in [1.165, 1.54) is 0 Å². The molecule has 2 unspecified atom stereocenters. The Balaban J connectivity index is 2.77. The molecule has 1 fully saturated rings. The number of amides is 2. The number of hydrogen-bond acceptors (Lipinski definition) is 2. The Kier molecular flexibility index (Phi) is 4.12. The van der Waals surface area contributed by atoms with Crippen LogP contribution in [0.5, 0.6) is 0 Å². The lowest BCUT2D eigenvalue weighted by atomic mass is 10.0. The monoisotopic (exact) mass is 212 g/mol. The molecular weight excluding hydrogens is 192 g/mol. The van der Waals surface area contributed by atoms with Gasteiger partial charge in [0.2, 0.25) is 11.8 Å². The standard InChI is InChI=1S/C11H20N2O2/c1-4-6-9(5-2)13-8(3)11(15)12-7-10(13)14/h8-9H,4-7H2,1-3H3,(H,12,15). The largest absolute Gasteiger partial charge is 0.345 e. The first-order valence-electron chi connectivity index (χ1n) is 5.70. The number of carbonyl (C=O) groups excluding carboxylic acids is 2. The van der Waals surface area contributed by atoms with Gasteiger partial charge in [0.15, 0.2) is 0 Å². The number of carbonyl (C=O) groups is 2. The van der Waals surface area contributed by atoms with Crippen LogP contribution in [-0.4, -0.2) is 35.3 Å². The smallest absolute Gasteiger partial charge is 0.242 e. The van der Waals surface area contributed by atoms with Gasteiger partial charge in [-0.25, -0.2) is 0 Å². The zero-order chi connectivity index (χ0) is 11.4. The molecule has 0 bridgehead atoms. The Bertz CT molecular complexity index is 253. The quantitative estimate of drug-likeness (QED) is 0.753. The minimum Gasteiger partial charge on any atom is -0.345 e. The number of nitrogens with one attached hydrogen (secondary N) is 1. The molecular formula is C11H20N2O2. The molecule has 0 spiro atoms. The number of nitrogens with zero attached hydrogens (tertiary/aromatic N) is 1. The van der Waals surface area contributed by atoms with Crippen molar-refractivity contribution >= 4 is 11.8 Å². The summed E-state index contributed by atoms with van der Waals surface area (Å²) in [5.41, 5.74) is 0. The van der Waals surface area contributed by atoms with Gasteiger partial charge >= 0.3 is 0 Å². The summed E-state index contributed by atoms with van der Waals surface area (Å²) in [5.74, 6) is 0.00607. The first kappa shape index (κ1) is 12.0. The first-order valence-corrected chi connectivity index (χ1v) is 5.70. The van der Waals surface area contributed by atoms with Gasteiger partial charge in [0.05, 0.1) is 6.54 Å². The van der Waals surface area contributed by atoms with Crippen LogP contribution >= 0.6 is 0 Å². The molecule has 1 rings (SSSR count). The van der Waals surface area contributed by atoms with Gasteiger partial charge in [-0.2, -0.15) is 0 Å². The average Bonchev–Trinajstić information content (AvgIpc) is 2.22. The summed E-state index contributed by atoms with van der Waals surface area (Å²) in [5, 5.41) is 2.60. The van der Waals surface area contributed by atoms with E-state index in [0.717, 1.165) is 19.3 Å². The first-order chi connectivity index (χ1) is 7.11. The van der Waals surface area contributed by atoms with Gasteiger partial charge < -0.3 is 10.2 Å². The molecule has 1 aliphatic rings. The zero-order valence-electron chi connectivity index (χ0n) is 9.75. The van der Waals surface area contributed by atoms with Crippen LogP contribution in [-0.2, 0) is 9.59 Å². The summed E-state index contributed by atoms with van der Waals surface area (Å²) < 4.78 is 0. The van der Waals surface area contributed by atoms with E-state index in [1.807, 2.05) is 0 Å². The van der Waals surface area contributed by atoms with Gasteiger partial charge in [0.1, 0.15) is 6.04 Å². The van der Waals surface area contributed by atoms with Crippen molar-refractivity contribution in [3.8, 4) is 0 Å². The Morgan fingerprint density at radius 2 is 2.13 bits per heavy atom. The lowest BCUT2D eigenvalue weighted by Crippen LogP contribution is -2.60. The maximum Gasteiger partial charge on any atom is 0.242 e. The highest BCUT2D eigenvalue weighted by Crippen LogP contribution is 2.17. The van der Waals surface area contributed by atoms with Crippen molar-refractivity contribution in [1.29, 1.82) is 0 Å². The highest BCUT2D eigenvalue weighted by Gasteiger charge is 2.34. The van der Waals surface area contributed by atoms with E-state index in [2.05, 4.69) is 19.2 Å². The number of hydrogen-bond donors (Lipinski definition) is 1. The summed E-state index contributed by atoms with van der Waals surface area (Å²) in [6.07, 6.45) is 2.92.